The molecular formula is C21H22N2O3S. The van der Waals surface area contributed by atoms with Gasteiger partial charge in [-0.2, -0.15) is 0 Å². The quantitative estimate of drug-likeness (QED) is 0.596. The number of rotatable bonds is 7. The topological polar surface area (TPSA) is 71.3 Å². The number of carbonyl (C=O) groups excluding carboxylic acids is 2. The van der Waals surface area contributed by atoms with Crippen LogP contribution >= 0.6 is 11.3 Å². The molecule has 2 aromatic heterocycles. The minimum Gasteiger partial charge on any atom is -0.459 e. The first-order chi connectivity index (χ1) is 13.0. The lowest BCUT2D eigenvalue weighted by Crippen LogP contribution is -2.29. The Kier molecular flexibility index (Phi) is 6.08. The maximum atomic E-state index is 12.6. The van der Waals surface area contributed by atoms with Crippen molar-refractivity contribution in [3.8, 4) is 0 Å². The van der Waals surface area contributed by atoms with E-state index in [1.54, 1.807) is 47.7 Å². The van der Waals surface area contributed by atoms with Crippen LogP contribution < -0.4 is 10.6 Å². The van der Waals surface area contributed by atoms with Crippen LogP contribution in [0.4, 0.5) is 5.69 Å². The molecule has 5 nitrogen and oxygen atoms in total. The van der Waals surface area contributed by atoms with Crippen molar-refractivity contribution in [3.05, 3.63) is 76.4 Å². The third-order valence-electron chi connectivity index (χ3n) is 4.05. The van der Waals surface area contributed by atoms with Gasteiger partial charge in [0.25, 0.3) is 11.8 Å². The zero-order chi connectivity index (χ0) is 19.2. The third-order valence-corrected chi connectivity index (χ3v) is 5.03. The first-order valence-corrected chi connectivity index (χ1v) is 9.70. The molecule has 27 heavy (non-hydrogen) atoms. The maximum Gasteiger partial charge on any atom is 0.291 e. The van der Waals surface area contributed by atoms with Crippen molar-refractivity contribution in [2.24, 2.45) is 5.92 Å². The fourth-order valence-corrected chi connectivity index (χ4v) is 3.54. The molecule has 0 radical (unpaired) electrons. The molecular weight excluding hydrogens is 360 g/mol. The molecule has 0 saturated carbocycles. The van der Waals surface area contributed by atoms with Crippen molar-refractivity contribution in [2.75, 3.05) is 5.32 Å². The lowest BCUT2D eigenvalue weighted by Gasteiger charge is -2.19. The van der Waals surface area contributed by atoms with E-state index in [1.165, 1.54) is 6.26 Å². The number of furan rings is 1. The smallest absolute Gasteiger partial charge is 0.291 e. The monoisotopic (exact) mass is 382 g/mol. The van der Waals surface area contributed by atoms with Crippen LogP contribution in [-0.2, 0) is 0 Å². The second-order valence-corrected chi connectivity index (χ2v) is 7.66. The van der Waals surface area contributed by atoms with E-state index in [0.717, 1.165) is 11.3 Å². The van der Waals surface area contributed by atoms with Crippen molar-refractivity contribution in [1.82, 2.24) is 5.32 Å². The molecule has 2 heterocycles. The molecule has 0 aliphatic carbocycles. The van der Waals surface area contributed by atoms with Crippen LogP contribution in [0.2, 0.25) is 0 Å². The van der Waals surface area contributed by atoms with Crippen LogP contribution in [0.15, 0.2) is 64.6 Å². The predicted molar refractivity (Wildman–Crippen MR) is 107 cm³/mol. The van der Waals surface area contributed by atoms with E-state index in [1.807, 2.05) is 17.5 Å². The molecule has 6 heteroatoms. The van der Waals surface area contributed by atoms with E-state index < -0.39 is 0 Å². The fourth-order valence-electron chi connectivity index (χ4n) is 2.75. The summed E-state index contributed by atoms with van der Waals surface area (Å²) in [7, 11) is 0. The average molecular weight is 382 g/mol. The molecule has 1 atom stereocenters. The van der Waals surface area contributed by atoms with Gasteiger partial charge < -0.3 is 15.1 Å². The minimum atomic E-state index is -0.327. The standard InChI is InChI=1S/C21H22N2O3S/c1-14(2)13-17(19-6-4-12-27-19)23-20(24)15-7-9-16(10-8-15)22-21(25)18-5-3-11-26-18/h3-12,14,17H,13H2,1-2H3,(H,22,25)(H,23,24). The van der Waals surface area contributed by atoms with Gasteiger partial charge in [0.15, 0.2) is 5.76 Å². The molecule has 3 rings (SSSR count). The molecule has 0 saturated heterocycles. The Balaban J connectivity index is 1.65. The highest BCUT2D eigenvalue weighted by atomic mass is 32.1. The summed E-state index contributed by atoms with van der Waals surface area (Å²) in [5.41, 5.74) is 1.15. The number of hydrogen-bond acceptors (Lipinski definition) is 4. The summed E-state index contributed by atoms with van der Waals surface area (Å²) in [5, 5.41) is 7.87. The largest absolute Gasteiger partial charge is 0.459 e. The predicted octanol–water partition coefficient (Wildman–Crippen LogP) is 5.11. The molecule has 2 amide bonds. The number of amides is 2. The highest BCUT2D eigenvalue weighted by Crippen LogP contribution is 2.25. The zero-order valence-corrected chi connectivity index (χ0v) is 16.1. The Morgan fingerprint density at radius 3 is 2.41 bits per heavy atom. The van der Waals surface area contributed by atoms with Gasteiger partial charge >= 0.3 is 0 Å². The van der Waals surface area contributed by atoms with Gasteiger partial charge in [-0.05, 0) is 60.2 Å². The van der Waals surface area contributed by atoms with Gasteiger partial charge in [-0.15, -0.1) is 11.3 Å². The van der Waals surface area contributed by atoms with E-state index in [-0.39, 0.29) is 23.6 Å². The van der Waals surface area contributed by atoms with E-state index in [9.17, 15) is 9.59 Å². The lowest BCUT2D eigenvalue weighted by atomic mass is 10.0. The second-order valence-electron chi connectivity index (χ2n) is 6.68. The summed E-state index contributed by atoms with van der Waals surface area (Å²) in [6.45, 7) is 4.28. The Bertz CT molecular complexity index is 869. The molecule has 0 aliphatic heterocycles. The summed E-state index contributed by atoms with van der Waals surface area (Å²) >= 11 is 1.65. The van der Waals surface area contributed by atoms with Crippen molar-refractivity contribution in [3.63, 3.8) is 0 Å². The summed E-state index contributed by atoms with van der Waals surface area (Å²) in [4.78, 5) is 25.8. The van der Waals surface area contributed by atoms with Crippen LogP contribution in [0.3, 0.4) is 0 Å². The van der Waals surface area contributed by atoms with Gasteiger partial charge in [0.05, 0.1) is 12.3 Å². The number of carbonyl (C=O) groups is 2. The van der Waals surface area contributed by atoms with Gasteiger partial charge in [-0.1, -0.05) is 19.9 Å². The number of nitrogens with one attached hydrogen (secondary N) is 2. The molecule has 1 aromatic carbocycles. The van der Waals surface area contributed by atoms with E-state index >= 15 is 0 Å². The highest BCUT2D eigenvalue weighted by molar-refractivity contribution is 7.10. The van der Waals surface area contributed by atoms with Gasteiger partial charge in [-0.25, -0.2) is 0 Å². The summed E-state index contributed by atoms with van der Waals surface area (Å²) in [6, 6.07) is 14.1. The zero-order valence-electron chi connectivity index (χ0n) is 15.3. The maximum absolute atomic E-state index is 12.6. The fraction of sp³-hybridized carbons (Fsp3) is 0.238. The van der Waals surface area contributed by atoms with Gasteiger partial charge in [0, 0.05) is 16.1 Å². The van der Waals surface area contributed by atoms with Crippen molar-refractivity contribution in [1.29, 1.82) is 0 Å². The first-order valence-electron chi connectivity index (χ1n) is 8.82. The number of thiophene rings is 1. The number of anilines is 1. The molecule has 3 aromatic rings. The van der Waals surface area contributed by atoms with Crippen molar-refractivity contribution >= 4 is 28.8 Å². The van der Waals surface area contributed by atoms with E-state index in [4.69, 9.17) is 4.42 Å². The van der Waals surface area contributed by atoms with E-state index in [0.29, 0.717) is 17.2 Å². The molecule has 0 bridgehead atoms. The second kappa shape index (κ2) is 8.68. The van der Waals surface area contributed by atoms with Gasteiger partial charge in [0.2, 0.25) is 0 Å². The molecule has 140 valence electrons. The Morgan fingerprint density at radius 2 is 1.81 bits per heavy atom. The molecule has 0 fully saturated rings. The van der Waals surface area contributed by atoms with Crippen LogP contribution in [0.5, 0.6) is 0 Å². The SMILES string of the molecule is CC(C)CC(NC(=O)c1ccc(NC(=O)c2ccco2)cc1)c1cccs1. The lowest BCUT2D eigenvalue weighted by molar-refractivity contribution is 0.0932. The van der Waals surface area contributed by atoms with Crippen molar-refractivity contribution in [2.45, 2.75) is 26.3 Å². The Labute approximate surface area is 162 Å². The van der Waals surface area contributed by atoms with Crippen molar-refractivity contribution < 1.29 is 14.0 Å². The van der Waals surface area contributed by atoms with Gasteiger partial charge in [-0.3, -0.25) is 9.59 Å². The van der Waals surface area contributed by atoms with Crippen LogP contribution in [0, 0.1) is 5.92 Å². The molecule has 2 N–H and O–H groups in total. The highest BCUT2D eigenvalue weighted by Gasteiger charge is 2.18. The third kappa shape index (κ3) is 5.08. The number of hydrogen-bond donors (Lipinski definition) is 2. The van der Waals surface area contributed by atoms with Gasteiger partial charge in [0.1, 0.15) is 0 Å². The normalized spacial score (nSPS) is 12.0. The summed E-state index contributed by atoms with van der Waals surface area (Å²) in [5.74, 6) is 0.255. The van der Waals surface area contributed by atoms with Crippen LogP contribution in [-0.4, -0.2) is 11.8 Å². The number of benzene rings is 1. The summed E-state index contributed by atoms with van der Waals surface area (Å²) < 4.78 is 5.06. The molecule has 0 spiro atoms. The van der Waals surface area contributed by atoms with Crippen LogP contribution in [0.25, 0.3) is 0 Å². The van der Waals surface area contributed by atoms with E-state index in [2.05, 4.69) is 24.5 Å². The Hall–Kier alpha value is -2.86. The first kappa shape index (κ1) is 18.9. The Morgan fingerprint density at radius 1 is 1.04 bits per heavy atom. The molecule has 1 unspecified atom stereocenters. The van der Waals surface area contributed by atoms with Crippen LogP contribution in [0.1, 0.15) is 52.1 Å². The summed E-state index contributed by atoms with van der Waals surface area (Å²) in [6.07, 6.45) is 2.33. The minimum absolute atomic E-state index is 0.00386. The average Bonchev–Trinajstić information content (AvgIpc) is 3.35. The molecule has 0 aliphatic rings.